The number of anilines is 1. The van der Waals surface area contributed by atoms with Gasteiger partial charge in [0.15, 0.2) is 23.3 Å². The number of nitrogens with two attached hydrogens (primary N) is 1. The number of hydrogen-bond donors (Lipinski definition) is 3. The molecule has 0 bridgehead atoms. The third kappa shape index (κ3) is 2.31. The number of carbonyl (C=O) groups excluding carboxylic acids is 1. The molecule has 8 heteroatoms. The van der Waals surface area contributed by atoms with Crippen LogP contribution in [-0.4, -0.2) is 24.2 Å². The van der Waals surface area contributed by atoms with E-state index in [0.29, 0.717) is 0 Å². The van der Waals surface area contributed by atoms with Crippen molar-refractivity contribution >= 4 is 11.6 Å². The Balaban J connectivity index is 3.29. The second-order valence-corrected chi connectivity index (χ2v) is 3.02. The van der Waals surface area contributed by atoms with E-state index in [4.69, 9.17) is 10.8 Å². The highest BCUT2D eigenvalue weighted by molar-refractivity contribution is 5.95. The topological polar surface area (TPSA) is 75.4 Å². The molecular formula is C9H8F4N2O2. The number of aliphatic hydroxyl groups is 1. The summed E-state index contributed by atoms with van der Waals surface area (Å²) in [5.74, 6) is -8.81. The monoisotopic (exact) mass is 252 g/mol. The third-order valence-electron chi connectivity index (χ3n) is 1.92. The van der Waals surface area contributed by atoms with Gasteiger partial charge < -0.3 is 16.2 Å². The van der Waals surface area contributed by atoms with E-state index >= 15 is 0 Å². The summed E-state index contributed by atoms with van der Waals surface area (Å²) in [4.78, 5) is 11.2. The average molecular weight is 252 g/mol. The van der Waals surface area contributed by atoms with Gasteiger partial charge in [-0.3, -0.25) is 4.79 Å². The van der Waals surface area contributed by atoms with Crippen molar-refractivity contribution in [3.8, 4) is 0 Å². The van der Waals surface area contributed by atoms with E-state index in [-0.39, 0.29) is 6.54 Å². The minimum atomic E-state index is -1.88. The molecule has 0 unspecified atom stereocenters. The highest BCUT2D eigenvalue weighted by Crippen LogP contribution is 2.25. The van der Waals surface area contributed by atoms with Gasteiger partial charge in [-0.05, 0) is 0 Å². The van der Waals surface area contributed by atoms with Gasteiger partial charge in [0.05, 0.1) is 6.61 Å². The number of hydrogen-bond acceptors (Lipinski definition) is 3. The maximum absolute atomic E-state index is 13.2. The number of aliphatic hydroxyl groups excluding tert-OH is 1. The first kappa shape index (κ1) is 13.2. The largest absolute Gasteiger partial charge is 0.395 e. The lowest BCUT2D eigenvalue weighted by Crippen LogP contribution is -2.29. The molecule has 0 fully saturated rings. The molecule has 0 aliphatic carbocycles. The first-order valence-corrected chi connectivity index (χ1v) is 4.42. The van der Waals surface area contributed by atoms with Gasteiger partial charge in [-0.1, -0.05) is 0 Å². The Morgan fingerprint density at radius 1 is 1.12 bits per heavy atom. The summed E-state index contributed by atoms with van der Waals surface area (Å²) < 4.78 is 52.3. The second-order valence-electron chi connectivity index (χ2n) is 3.02. The molecule has 1 amide bonds. The zero-order chi connectivity index (χ0) is 13.2. The van der Waals surface area contributed by atoms with E-state index in [9.17, 15) is 22.4 Å². The van der Waals surface area contributed by atoms with Gasteiger partial charge in [0, 0.05) is 6.54 Å². The van der Waals surface area contributed by atoms with Crippen molar-refractivity contribution in [2.75, 3.05) is 18.9 Å². The third-order valence-corrected chi connectivity index (χ3v) is 1.92. The fraction of sp³-hybridized carbons (Fsp3) is 0.222. The second kappa shape index (κ2) is 5.00. The summed E-state index contributed by atoms with van der Waals surface area (Å²) in [6.45, 7) is -0.805. The molecule has 0 atom stereocenters. The van der Waals surface area contributed by atoms with Gasteiger partial charge in [0.1, 0.15) is 11.3 Å². The smallest absolute Gasteiger partial charge is 0.257 e. The Bertz CT molecular complexity index is 436. The van der Waals surface area contributed by atoms with Gasteiger partial charge >= 0.3 is 0 Å². The Morgan fingerprint density at radius 3 is 2.00 bits per heavy atom. The number of rotatable bonds is 3. The molecule has 17 heavy (non-hydrogen) atoms. The summed E-state index contributed by atoms with van der Waals surface area (Å²) in [5.41, 5.74) is 2.00. The van der Waals surface area contributed by atoms with Crippen molar-refractivity contribution in [3.63, 3.8) is 0 Å². The van der Waals surface area contributed by atoms with Crippen molar-refractivity contribution in [2.24, 2.45) is 0 Å². The standard InChI is InChI=1S/C9H8F4N2O2/c10-4-3(9(17)15-1-2-16)5(11)7(13)8(14)6(4)12/h16H,1-2,14H2,(H,15,17). The predicted molar refractivity (Wildman–Crippen MR) is 50.1 cm³/mol. The van der Waals surface area contributed by atoms with Crippen molar-refractivity contribution in [1.29, 1.82) is 0 Å². The van der Waals surface area contributed by atoms with Crippen molar-refractivity contribution < 1.29 is 27.5 Å². The molecule has 0 aliphatic rings. The van der Waals surface area contributed by atoms with E-state index in [0.717, 1.165) is 0 Å². The quantitative estimate of drug-likeness (QED) is 0.417. The number of halogens is 4. The van der Waals surface area contributed by atoms with Crippen LogP contribution in [-0.2, 0) is 0 Å². The van der Waals surface area contributed by atoms with E-state index in [1.54, 1.807) is 0 Å². The molecule has 0 heterocycles. The molecule has 0 spiro atoms. The fourth-order valence-electron chi connectivity index (χ4n) is 1.11. The zero-order valence-corrected chi connectivity index (χ0v) is 8.36. The Kier molecular flexibility index (Phi) is 3.89. The predicted octanol–water partition coefficient (Wildman–Crippen LogP) is 0.547. The molecule has 0 radical (unpaired) electrons. The Hall–Kier alpha value is -1.83. The summed E-state index contributed by atoms with van der Waals surface area (Å²) in [6, 6.07) is 0. The van der Waals surface area contributed by atoms with Gasteiger partial charge in [-0.25, -0.2) is 17.6 Å². The average Bonchev–Trinajstić information content (AvgIpc) is 2.31. The van der Waals surface area contributed by atoms with Crippen LogP contribution in [0.5, 0.6) is 0 Å². The zero-order valence-electron chi connectivity index (χ0n) is 8.36. The number of nitrogen functional groups attached to an aromatic ring is 1. The van der Waals surface area contributed by atoms with Crippen LogP contribution in [0.15, 0.2) is 0 Å². The van der Waals surface area contributed by atoms with E-state index in [1.165, 1.54) is 0 Å². The van der Waals surface area contributed by atoms with Gasteiger partial charge in [0.25, 0.3) is 5.91 Å². The SMILES string of the molecule is Nc1c(F)c(F)c(C(=O)NCCO)c(F)c1F. The van der Waals surface area contributed by atoms with E-state index < -0.39 is 47.0 Å². The maximum Gasteiger partial charge on any atom is 0.257 e. The van der Waals surface area contributed by atoms with Gasteiger partial charge in [-0.15, -0.1) is 0 Å². The molecule has 1 rings (SSSR count). The molecule has 4 N–H and O–H groups in total. The van der Waals surface area contributed by atoms with Crippen molar-refractivity contribution in [3.05, 3.63) is 28.8 Å². The molecular weight excluding hydrogens is 244 g/mol. The van der Waals surface area contributed by atoms with Crippen LogP contribution in [0.2, 0.25) is 0 Å². The van der Waals surface area contributed by atoms with E-state index in [2.05, 4.69) is 0 Å². The first-order chi connectivity index (χ1) is 7.91. The first-order valence-electron chi connectivity index (χ1n) is 4.42. The highest BCUT2D eigenvalue weighted by Gasteiger charge is 2.27. The minimum absolute atomic E-state index is 0.314. The summed E-state index contributed by atoms with van der Waals surface area (Å²) in [6.07, 6.45) is 0. The van der Waals surface area contributed by atoms with E-state index in [1.807, 2.05) is 5.32 Å². The minimum Gasteiger partial charge on any atom is -0.395 e. The highest BCUT2D eigenvalue weighted by atomic mass is 19.2. The number of benzene rings is 1. The van der Waals surface area contributed by atoms with Crippen LogP contribution in [0, 0.1) is 23.3 Å². The molecule has 94 valence electrons. The Labute approximate surface area is 93.0 Å². The van der Waals surface area contributed by atoms with Crippen LogP contribution < -0.4 is 11.1 Å². The summed E-state index contributed by atoms with van der Waals surface area (Å²) in [5, 5.41) is 10.2. The van der Waals surface area contributed by atoms with Crippen molar-refractivity contribution in [1.82, 2.24) is 5.32 Å². The maximum atomic E-state index is 13.2. The van der Waals surface area contributed by atoms with Crippen LogP contribution in [0.25, 0.3) is 0 Å². The molecule has 0 saturated heterocycles. The number of amides is 1. The lowest BCUT2D eigenvalue weighted by atomic mass is 10.1. The fourth-order valence-corrected chi connectivity index (χ4v) is 1.11. The van der Waals surface area contributed by atoms with Crippen LogP contribution in [0.3, 0.4) is 0 Å². The number of nitrogens with one attached hydrogen (secondary N) is 1. The molecule has 1 aromatic carbocycles. The van der Waals surface area contributed by atoms with Crippen LogP contribution in [0.4, 0.5) is 23.2 Å². The Morgan fingerprint density at radius 2 is 1.59 bits per heavy atom. The molecule has 0 aromatic heterocycles. The normalized spacial score (nSPS) is 10.4. The molecule has 0 saturated carbocycles. The molecule has 1 aromatic rings. The summed E-state index contributed by atoms with van der Waals surface area (Å²) >= 11 is 0. The summed E-state index contributed by atoms with van der Waals surface area (Å²) in [7, 11) is 0. The number of carbonyl (C=O) groups is 1. The van der Waals surface area contributed by atoms with Gasteiger partial charge in [-0.2, -0.15) is 0 Å². The molecule has 4 nitrogen and oxygen atoms in total. The lowest BCUT2D eigenvalue weighted by Gasteiger charge is -2.09. The van der Waals surface area contributed by atoms with Crippen LogP contribution >= 0.6 is 0 Å². The van der Waals surface area contributed by atoms with Crippen molar-refractivity contribution in [2.45, 2.75) is 0 Å². The van der Waals surface area contributed by atoms with Crippen LogP contribution in [0.1, 0.15) is 10.4 Å². The van der Waals surface area contributed by atoms with Gasteiger partial charge in [0.2, 0.25) is 0 Å². The lowest BCUT2D eigenvalue weighted by molar-refractivity contribution is 0.0934. The molecule has 0 aliphatic heterocycles.